The van der Waals surface area contributed by atoms with Crippen LogP contribution < -0.4 is 10.2 Å². The maximum absolute atomic E-state index is 13.0. The first-order valence-corrected chi connectivity index (χ1v) is 11.7. The van der Waals surface area contributed by atoms with Gasteiger partial charge in [-0.25, -0.2) is 4.72 Å². The molecule has 3 aromatic carbocycles. The van der Waals surface area contributed by atoms with E-state index in [-0.39, 0.29) is 28.5 Å². The number of fused-ring (bicyclic) bond motifs is 1. The van der Waals surface area contributed by atoms with Crippen molar-refractivity contribution in [2.45, 2.75) is 13.5 Å². The number of nitrogens with zero attached hydrogens (tertiary/aromatic N) is 1. The van der Waals surface area contributed by atoms with Crippen molar-refractivity contribution in [2.24, 2.45) is 0 Å². The van der Waals surface area contributed by atoms with E-state index < -0.39 is 16.1 Å². The first-order chi connectivity index (χ1) is 15.8. The average Bonchev–Trinajstić information content (AvgIpc) is 2.82. The number of hydrogen-bond acceptors (Lipinski definition) is 5. The van der Waals surface area contributed by atoms with Crippen molar-refractivity contribution < 1.29 is 17.6 Å². The van der Waals surface area contributed by atoms with Crippen LogP contribution in [0.15, 0.2) is 88.1 Å². The van der Waals surface area contributed by atoms with Crippen LogP contribution in [0, 0.1) is 6.92 Å². The van der Waals surface area contributed by atoms with Gasteiger partial charge in [-0.3, -0.25) is 9.59 Å². The minimum atomic E-state index is -4.14. The lowest BCUT2D eigenvalue weighted by Crippen LogP contribution is -2.41. The Kier molecular flexibility index (Phi) is 6.13. The third kappa shape index (κ3) is 4.57. The van der Waals surface area contributed by atoms with Crippen LogP contribution in [-0.4, -0.2) is 25.7 Å². The van der Waals surface area contributed by atoms with E-state index in [1.807, 2.05) is 24.3 Å². The summed E-state index contributed by atoms with van der Waals surface area (Å²) in [6.07, 6.45) is 0. The summed E-state index contributed by atoms with van der Waals surface area (Å²) in [5.41, 5.74) is 1.57. The molecule has 0 atom stereocenters. The minimum absolute atomic E-state index is 0.0327. The molecule has 0 unspecified atom stereocenters. The highest BCUT2D eigenvalue weighted by atomic mass is 32.2. The molecule has 1 amide bonds. The van der Waals surface area contributed by atoms with Crippen molar-refractivity contribution in [3.8, 4) is 11.3 Å². The van der Waals surface area contributed by atoms with Crippen LogP contribution >= 0.6 is 0 Å². The van der Waals surface area contributed by atoms with E-state index in [0.29, 0.717) is 16.9 Å². The normalized spacial score (nSPS) is 11.6. The number of benzene rings is 3. The molecule has 0 radical (unpaired) electrons. The Balaban J connectivity index is 1.71. The number of nitrogens with one attached hydrogen (secondary N) is 1. The van der Waals surface area contributed by atoms with E-state index in [4.69, 9.17) is 4.42 Å². The van der Waals surface area contributed by atoms with Crippen LogP contribution in [0.3, 0.4) is 0 Å². The van der Waals surface area contributed by atoms with Crippen LogP contribution in [0.2, 0.25) is 0 Å². The van der Waals surface area contributed by atoms with E-state index in [9.17, 15) is 18.0 Å². The van der Waals surface area contributed by atoms with E-state index in [1.165, 1.54) is 19.2 Å². The molecule has 0 aliphatic carbocycles. The first kappa shape index (κ1) is 22.4. The molecule has 0 saturated heterocycles. The van der Waals surface area contributed by atoms with Crippen molar-refractivity contribution in [1.29, 1.82) is 0 Å². The Labute approximate surface area is 191 Å². The maximum atomic E-state index is 13.0. The molecule has 33 heavy (non-hydrogen) atoms. The van der Waals surface area contributed by atoms with Gasteiger partial charge in [0.1, 0.15) is 5.76 Å². The van der Waals surface area contributed by atoms with Crippen LogP contribution in [0.4, 0.5) is 0 Å². The van der Waals surface area contributed by atoms with Gasteiger partial charge in [0.15, 0.2) is 11.0 Å². The average molecular weight is 463 g/mol. The molecule has 4 aromatic rings. The summed E-state index contributed by atoms with van der Waals surface area (Å²) in [5.74, 6) is -0.552. The molecule has 0 fully saturated rings. The zero-order valence-electron chi connectivity index (χ0n) is 18.1. The van der Waals surface area contributed by atoms with Gasteiger partial charge >= 0.3 is 10.2 Å². The van der Waals surface area contributed by atoms with Crippen molar-refractivity contribution in [1.82, 2.24) is 9.03 Å². The maximum Gasteiger partial charge on any atom is 0.304 e. The standard InChI is InChI=1S/C25H22N2O5S/c1-17-22(28)20-14-9-15-21(24(20)32-23(17)19-12-7-4-8-13-19)25(29)26-33(30,31)27(2)16-18-10-5-3-6-11-18/h3-15H,16H2,1-2H3,(H,26,29). The fourth-order valence-corrected chi connectivity index (χ4v) is 4.35. The molecular weight excluding hydrogens is 440 g/mol. The van der Waals surface area contributed by atoms with Crippen LogP contribution in [0.1, 0.15) is 21.5 Å². The number of hydrogen-bond donors (Lipinski definition) is 1. The summed E-state index contributed by atoms with van der Waals surface area (Å²) in [4.78, 5) is 26.0. The lowest BCUT2D eigenvalue weighted by molar-refractivity contribution is 0.0980. The minimum Gasteiger partial charge on any atom is -0.455 e. The highest BCUT2D eigenvalue weighted by Crippen LogP contribution is 2.27. The number of carbonyl (C=O) groups is 1. The summed E-state index contributed by atoms with van der Waals surface area (Å²) in [6, 6.07) is 22.6. The number of para-hydroxylation sites is 1. The van der Waals surface area contributed by atoms with Crippen LogP contribution in [-0.2, 0) is 16.8 Å². The molecule has 8 heteroatoms. The predicted molar refractivity (Wildman–Crippen MR) is 127 cm³/mol. The Morgan fingerprint density at radius 2 is 1.58 bits per heavy atom. The molecule has 1 N–H and O–H groups in total. The zero-order chi connectivity index (χ0) is 23.6. The van der Waals surface area contributed by atoms with Gasteiger partial charge in [0, 0.05) is 24.7 Å². The third-order valence-corrected chi connectivity index (χ3v) is 6.70. The fourth-order valence-electron chi connectivity index (χ4n) is 3.53. The SMILES string of the molecule is Cc1c(-c2ccccc2)oc2c(C(=O)NS(=O)(=O)N(C)Cc3ccccc3)cccc2c1=O. The van der Waals surface area contributed by atoms with Gasteiger partial charge < -0.3 is 4.42 Å². The molecule has 7 nitrogen and oxygen atoms in total. The largest absolute Gasteiger partial charge is 0.455 e. The molecule has 0 aliphatic heterocycles. The van der Waals surface area contributed by atoms with Gasteiger partial charge in [0.05, 0.1) is 10.9 Å². The van der Waals surface area contributed by atoms with Gasteiger partial charge in [-0.05, 0) is 24.6 Å². The van der Waals surface area contributed by atoms with Crippen molar-refractivity contribution in [3.05, 3.63) is 106 Å². The molecule has 0 bridgehead atoms. The topological polar surface area (TPSA) is 96.7 Å². The van der Waals surface area contributed by atoms with Gasteiger partial charge in [0.25, 0.3) is 5.91 Å². The second-order valence-electron chi connectivity index (χ2n) is 7.61. The van der Waals surface area contributed by atoms with Crippen LogP contribution in [0.5, 0.6) is 0 Å². The summed E-state index contributed by atoms with van der Waals surface area (Å²) in [5, 5.41) is 0.204. The number of rotatable bonds is 6. The van der Waals surface area contributed by atoms with Gasteiger partial charge in [0.2, 0.25) is 0 Å². The lowest BCUT2D eigenvalue weighted by Gasteiger charge is -2.18. The third-order valence-electron chi connectivity index (χ3n) is 5.31. The summed E-state index contributed by atoms with van der Waals surface area (Å²) in [7, 11) is -2.76. The second-order valence-corrected chi connectivity index (χ2v) is 9.39. The Bertz CT molecular complexity index is 1480. The fraction of sp³-hybridized carbons (Fsp3) is 0.120. The molecule has 0 spiro atoms. The van der Waals surface area contributed by atoms with Gasteiger partial charge in [-0.1, -0.05) is 66.7 Å². The Morgan fingerprint density at radius 1 is 0.939 bits per heavy atom. The van der Waals surface area contributed by atoms with Gasteiger partial charge in [-0.2, -0.15) is 12.7 Å². The Morgan fingerprint density at radius 3 is 2.24 bits per heavy atom. The van der Waals surface area contributed by atoms with Crippen molar-refractivity contribution in [2.75, 3.05) is 7.05 Å². The van der Waals surface area contributed by atoms with E-state index in [0.717, 1.165) is 9.87 Å². The number of carbonyl (C=O) groups excluding carboxylic acids is 1. The van der Waals surface area contributed by atoms with Gasteiger partial charge in [-0.15, -0.1) is 0 Å². The van der Waals surface area contributed by atoms with E-state index >= 15 is 0 Å². The highest BCUT2D eigenvalue weighted by Gasteiger charge is 2.24. The molecule has 168 valence electrons. The quantitative estimate of drug-likeness (QED) is 0.469. The zero-order valence-corrected chi connectivity index (χ0v) is 18.9. The molecule has 4 rings (SSSR count). The molecule has 0 saturated carbocycles. The molecule has 0 aliphatic rings. The Hall–Kier alpha value is -3.75. The monoisotopic (exact) mass is 462 g/mol. The van der Waals surface area contributed by atoms with E-state index in [1.54, 1.807) is 49.4 Å². The summed E-state index contributed by atoms with van der Waals surface area (Å²) >= 11 is 0. The van der Waals surface area contributed by atoms with Crippen LogP contribution in [0.25, 0.3) is 22.3 Å². The summed E-state index contributed by atoms with van der Waals surface area (Å²) < 4.78 is 34.7. The first-order valence-electron chi connectivity index (χ1n) is 10.2. The highest BCUT2D eigenvalue weighted by molar-refractivity contribution is 7.87. The lowest BCUT2D eigenvalue weighted by atomic mass is 10.0. The number of amides is 1. The van der Waals surface area contributed by atoms with Crippen molar-refractivity contribution >= 4 is 27.1 Å². The molecule has 1 heterocycles. The predicted octanol–water partition coefficient (Wildman–Crippen LogP) is 3.88. The molecule has 1 aromatic heterocycles. The van der Waals surface area contributed by atoms with Crippen molar-refractivity contribution in [3.63, 3.8) is 0 Å². The second kappa shape index (κ2) is 9.01. The summed E-state index contributed by atoms with van der Waals surface area (Å²) in [6.45, 7) is 1.74. The van der Waals surface area contributed by atoms with E-state index in [2.05, 4.69) is 4.72 Å². The smallest absolute Gasteiger partial charge is 0.304 e. The molecular formula is C25H22N2O5S.